The average Bonchev–Trinajstić information content (AvgIpc) is 2.65. The van der Waals surface area contributed by atoms with Gasteiger partial charge in [0.05, 0.1) is 0 Å². The number of allylic oxidation sites excluding steroid dienone is 2. The highest BCUT2D eigenvalue weighted by Crippen LogP contribution is 2.28. The highest BCUT2D eigenvalue weighted by atomic mass is 32.1. The van der Waals surface area contributed by atoms with Gasteiger partial charge in [0.15, 0.2) is 0 Å². The quantitative estimate of drug-likeness (QED) is 0.756. The van der Waals surface area contributed by atoms with Crippen LogP contribution in [0.15, 0.2) is 28.5 Å². The molecule has 1 nitrogen and oxygen atoms in total. The topological polar surface area (TPSA) is 12.0 Å². The molecular weight excluding hydrogens is 202 g/mol. The van der Waals surface area contributed by atoms with Crippen molar-refractivity contribution >= 4 is 17.0 Å². The molecule has 1 aromatic rings. The van der Waals surface area contributed by atoms with E-state index in [1.807, 2.05) is 0 Å². The molecule has 0 fully saturated rings. The molecule has 2 atom stereocenters. The monoisotopic (exact) mass is 221 g/mol. The number of anilines is 1. The van der Waals surface area contributed by atoms with Crippen LogP contribution in [0.3, 0.4) is 0 Å². The van der Waals surface area contributed by atoms with Crippen molar-refractivity contribution in [1.29, 1.82) is 0 Å². The van der Waals surface area contributed by atoms with Gasteiger partial charge in [0.25, 0.3) is 0 Å². The molecular formula is C13H19NS. The van der Waals surface area contributed by atoms with E-state index in [9.17, 15) is 0 Å². The van der Waals surface area contributed by atoms with Gasteiger partial charge in [0.1, 0.15) is 0 Å². The Hall–Kier alpha value is -0.760. The fourth-order valence-electron chi connectivity index (χ4n) is 2.47. The predicted molar refractivity (Wildman–Crippen MR) is 68.5 cm³/mol. The van der Waals surface area contributed by atoms with E-state index in [1.54, 1.807) is 16.9 Å². The molecule has 0 radical (unpaired) electrons. The summed E-state index contributed by atoms with van der Waals surface area (Å²) in [5, 5.41) is 7.82. The first-order valence-corrected chi connectivity index (χ1v) is 6.61. The van der Waals surface area contributed by atoms with Crippen LogP contribution in [0.4, 0.5) is 5.69 Å². The second-order valence-corrected chi connectivity index (χ2v) is 5.47. The van der Waals surface area contributed by atoms with Gasteiger partial charge in [-0.1, -0.05) is 18.6 Å². The van der Waals surface area contributed by atoms with Gasteiger partial charge in [-0.3, -0.25) is 0 Å². The number of hydrogen-bond acceptors (Lipinski definition) is 2. The fraction of sp³-hybridized carbons (Fsp3) is 0.538. The molecule has 2 unspecified atom stereocenters. The number of nitrogens with one attached hydrogen (secondary N) is 1. The Kier molecular flexibility index (Phi) is 3.47. The third-order valence-corrected chi connectivity index (χ3v) is 3.68. The number of thiophene rings is 1. The van der Waals surface area contributed by atoms with Crippen LogP contribution in [0.5, 0.6) is 0 Å². The maximum atomic E-state index is 3.52. The molecule has 0 amide bonds. The normalized spacial score (nSPS) is 26.1. The SMILES string of the molecule is CC1=CC(C)CC(CNc2ccsc2)C1. The largest absolute Gasteiger partial charge is 0.384 e. The molecule has 0 aromatic carbocycles. The first-order chi connectivity index (χ1) is 7.24. The highest BCUT2D eigenvalue weighted by Gasteiger charge is 2.17. The van der Waals surface area contributed by atoms with E-state index in [2.05, 4.69) is 42.1 Å². The molecule has 0 bridgehead atoms. The van der Waals surface area contributed by atoms with E-state index in [-0.39, 0.29) is 0 Å². The standard InChI is InChI=1S/C13H19NS/c1-10-5-11(2)7-12(6-10)8-14-13-3-4-15-9-13/h3-5,9-10,12,14H,6-8H2,1-2H3. The second kappa shape index (κ2) is 4.84. The van der Waals surface area contributed by atoms with Crippen LogP contribution in [-0.2, 0) is 0 Å². The highest BCUT2D eigenvalue weighted by molar-refractivity contribution is 7.08. The predicted octanol–water partition coefficient (Wildman–Crippen LogP) is 4.15. The Morgan fingerprint density at radius 3 is 3.07 bits per heavy atom. The molecule has 2 rings (SSSR count). The van der Waals surface area contributed by atoms with Gasteiger partial charge in [-0.2, -0.15) is 11.3 Å². The van der Waals surface area contributed by atoms with Crippen LogP contribution in [0, 0.1) is 11.8 Å². The molecule has 0 saturated heterocycles. The molecule has 1 N–H and O–H groups in total. The zero-order chi connectivity index (χ0) is 10.7. The van der Waals surface area contributed by atoms with Crippen molar-refractivity contribution in [3.8, 4) is 0 Å². The molecule has 1 aliphatic rings. The van der Waals surface area contributed by atoms with Crippen LogP contribution in [0.25, 0.3) is 0 Å². The lowest BCUT2D eigenvalue weighted by Gasteiger charge is -2.25. The first-order valence-electron chi connectivity index (χ1n) is 5.67. The zero-order valence-corrected chi connectivity index (χ0v) is 10.3. The Bertz CT molecular complexity index is 326. The van der Waals surface area contributed by atoms with Crippen molar-refractivity contribution in [2.24, 2.45) is 11.8 Å². The smallest absolute Gasteiger partial charge is 0.0448 e. The van der Waals surface area contributed by atoms with Gasteiger partial charge in [-0.25, -0.2) is 0 Å². The van der Waals surface area contributed by atoms with Crippen molar-refractivity contribution in [1.82, 2.24) is 0 Å². The van der Waals surface area contributed by atoms with E-state index in [0.717, 1.165) is 18.4 Å². The summed E-state index contributed by atoms with van der Waals surface area (Å²) in [6.45, 7) is 5.69. The summed E-state index contributed by atoms with van der Waals surface area (Å²) in [7, 11) is 0. The third kappa shape index (κ3) is 3.10. The molecule has 0 saturated carbocycles. The summed E-state index contributed by atoms with van der Waals surface area (Å²) in [6.07, 6.45) is 5.01. The molecule has 15 heavy (non-hydrogen) atoms. The Balaban J connectivity index is 1.83. The average molecular weight is 221 g/mol. The van der Waals surface area contributed by atoms with E-state index >= 15 is 0 Å². The summed E-state index contributed by atoms with van der Waals surface area (Å²) in [5.41, 5.74) is 2.84. The Morgan fingerprint density at radius 2 is 2.40 bits per heavy atom. The lowest BCUT2D eigenvalue weighted by molar-refractivity contribution is 0.421. The lowest BCUT2D eigenvalue weighted by Crippen LogP contribution is -2.19. The molecule has 1 aliphatic carbocycles. The Morgan fingerprint density at radius 1 is 1.53 bits per heavy atom. The van der Waals surface area contributed by atoms with E-state index in [4.69, 9.17) is 0 Å². The Labute approximate surface area is 96.2 Å². The number of rotatable bonds is 3. The minimum absolute atomic E-state index is 0.757. The summed E-state index contributed by atoms with van der Waals surface area (Å²) >= 11 is 1.75. The van der Waals surface area contributed by atoms with Gasteiger partial charge in [-0.05, 0) is 43.0 Å². The minimum atomic E-state index is 0.757. The summed E-state index contributed by atoms with van der Waals surface area (Å²) in [4.78, 5) is 0. The van der Waals surface area contributed by atoms with Crippen LogP contribution >= 0.6 is 11.3 Å². The summed E-state index contributed by atoms with van der Waals surface area (Å²) < 4.78 is 0. The molecule has 0 aliphatic heterocycles. The second-order valence-electron chi connectivity index (χ2n) is 4.69. The van der Waals surface area contributed by atoms with Crippen molar-refractivity contribution in [3.05, 3.63) is 28.5 Å². The molecule has 1 aromatic heterocycles. The molecule has 82 valence electrons. The van der Waals surface area contributed by atoms with Crippen LogP contribution in [-0.4, -0.2) is 6.54 Å². The maximum Gasteiger partial charge on any atom is 0.0448 e. The van der Waals surface area contributed by atoms with Gasteiger partial charge in [0.2, 0.25) is 0 Å². The number of hydrogen-bond donors (Lipinski definition) is 1. The minimum Gasteiger partial charge on any atom is -0.384 e. The molecule has 1 heterocycles. The van der Waals surface area contributed by atoms with Gasteiger partial charge in [-0.15, -0.1) is 0 Å². The van der Waals surface area contributed by atoms with E-state index < -0.39 is 0 Å². The van der Waals surface area contributed by atoms with Crippen molar-refractivity contribution in [2.75, 3.05) is 11.9 Å². The van der Waals surface area contributed by atoms with Crippen LogP contribution < -0.4 is 5.32 Å². The van der Waals surface area contributed by atoms with Crippen molar-refractivity contribution in [3.63, 3.8) is 0 Å². The maximum absolute atomic E-state index is 3.52. The molecule has 2 heteroatoms. The summed E-state index contributed by atoms with van der Waals surface area (Å²) in [5.74, 6) is 1.57. The van der Waals surface area contributed by atoms with Gasteiger partial charge in [0, 0.05) is 17.6 Å². The fourth-order valence-corrected chi connectivity index (χ4v) is 3.08. The van der Waals surface area contributed by atoms with E-state index in [1.165, 1.54) is 18.5 Å². The van der Waals surface area contributed by atoms with Crippen molar-refractivity contribution < 1.29 is 0 Å². The van der Waals surface area contributed by atoms with Crippen LogP contribution in [0.2, 0.25) is 0 Å². The first kappa shape index (κ1) is 10.7. The molecule has 0 spiro atoms. The van der Waals surface area contributed by atoms with Gasteiger partial charge >= 0.3 is 0 Å². The van der Waals surface area contributed by atoms with Crippen LogP contribution in [0.1, 0.15) is 26.7 Å². The summed E-state index contributed by atoms with van der Waals surface area (Å²) in [6, 6.07) is 2.15. The van der Waals surface area contributed by atoms with Gasteiger partial charge < -0.3 is 5.32 Å². The van der Waals surface area contributed by atoms with Crippen molar-refractivity contribution in [2.45, 2.75) is 26.7 Å². The lowest BCUT2D eigenvalue weighted by atomic mass is 9.84. The van der Waals surface area contributed by atoms with E-state index in [0.29, 0.717) is 0 Å². The zero-order valence-electron chi connectivity index (χ0n) is 9.49. The third-order valence-electron chi connectivity index (χ3n) is 3.00.